The average molecular weight is 402 g/mol. The second-order valence-corrected chi connectivity index (χ2v) is 7.67. The van der Waals surface area contributed by atoms with Crippen LogP contribution >= 0.6 is 0 Å². The fourth-order valence-corrected chi connectivity index (χ4v) is 4.32. The number of hydrogen-bond acceptors (Lipinski definition) is 4. The summed E-state index contributed by atoms with van der Waals surface area (Å²) in [6.45, 7) is 5.63. The molecule has 0 bridgehead atoms. The van der Waals surface area contributed by atoms with Crippen molar-refractivity contribution in [3.05, 3.63) is 46.5 Å². The van der Waals surface area contributed by atoms with Crippen LogP contribution in [0.1, 0.15) is 38.8 Å². The van der Waals surface area contributed by atoms with Crippen LogP contribution in [-0.4, -0.2) is 30.4 Å². The molecule has 2 heterocycles. The SMILES string of the molecule is CC1=C([C@H](C)C(=O)N[C@@H](C)c2ccc(F)cc2F)C(=O)NC2CCNC(C#N)C12. The van der Waals surface area contributed by atoms with Crippen molar-refractivity contribution in [2.45, 2.75) is 45.3 Å². The number of carbonyl (C=O) groups is 2. The lowest BCUT2D eigenvalue weighted by Crippen LogP contribution is -2.58. The molecule has 0 spiro atoms. The lowest BCUT2D eigenvalue weighted by molar-refractivity contribution is -0.127. The Bertz CT molecular complexity index is 908. The highest BCUT2D eigenvalue weighted by molar-refractivity contribution is 6.01. The molecule has 2 aliphatic rings. The van der Waals surface area contributed by atoms with E-state index < -0.39 is 35.5 Å². The van der Waals surface area contributed by atoms with Crippen LogP contribution in [0.25, 0.3) is 0 Å². The van der Waals surface area contributed by atoms with E-state index in [0.717, 1.165) is 17.7 Å². The van der Waals surface area contributed by atoms with Gasteiger partial charge in [-0.3, -0.25) is 9.59 Å². The minimum absolute atomic E-state index is 0.139. The van der Waals surface area contributed by atoms with E-state index in [1.54, 1.807) is 20.8 Å². The normalized spacial score (nSPS) is 26.1. The van der Waals surface area contributed by atoms with E-state index in [1.165, 1.54) is 6.07 Å². The molecule has 5 atom stereocenters. The van der Waals surface area contributed by atoms with Gasteiger partial charge in [-0.05, 0) is 39.8 Å². The van der Waals surface area contributed by atoms with Crippen LogP contribution in [0.3, 0.4) is 0 Å². The summed E-state index contributed by atoms with van der Waals surface area (Å²) in [5.41, 5.74) is 1.21. The molecule has 0 radical (unpaired) electrons. The summed E-state index contributed by atoms with van der Waals surface area (Å²) in [5, 5.41) is 18.2. The quantitative estimate of drug-likeness (QED) is 0.719. The number of nitrogens with zero attached hydrogens (tertiary/aromatic N) is 1. The van der Waals surface area contributed by atoms with E-state index in [9.17, 15) is 23.6 Å². The van der Waals surface area contributed by atoms with Crippen molar-refractivity contribution in [3.63, 3.8) is 0 Å². The molecule has 3 rings (SSSR count). The highest BCUT2D eigenvalue weighted by atomic mass is 19.1. The number of nitrogens with one attached hydrogen (secondary N) is 3. The molecule has 6 nitrogen and oxygen atoms in total. The molecule has 3 unspecified atom stereocenters. The summed E-state index contributed by atoms with van der Waals surface area (Å²) >= 11 is 0. The van der Waals surface area contributed by atoms with Crippen LogP contribution in [0.4, 0.5) is 8.78 Å². The van der Waals surface area contributed by atoms with Crippen molar-refractivity contribution in [1.29, 1.82) is 5.26 Å². The lowest BCUT2D eigenvalue weighted by Gasteiger charge is -2.41. The summed E-state index contributed by atoms with van der Waals surface area (Å²) in [7, 11) is 0. The monoisotopic (exact) mass is 402 g/mol. The standard InChI is InChI=1S/C21H24F2N4O2/c1-10-18(21(29)27-16-6-7-25-17(9-24)19(10)16)11(2)20(28)26-12(3)14-5-4-13(22)8-15(14)23/h4-5,8,11-12,16-17,19,25H,6-7H2,1-3H3,(H,26,28)(H,27,29)/t11-,12-,16?,17?,19?/m0/s1. The first-order valence-corrected chi connectivity index (χ1v) is 9.64. The molecule has 0 aromatic heterocycles. The van der Waals surface area contributed by atoms with Crippen molar-refractivity contribution >= 4 is 11.8 Å². The van der Waals surface area contributed by atoms with E-state index in [4.69, 9.17) is 0 Å². The molecular formula is C21H24F2N4O2. The van der Waals surface area contributed by atoms with Crippen LogP contribution in [0.5, 0.6) is 0 Å². The Balaban J connectivity index is 1.82. The molecule has 2 aliphatic heterocycles. The van der Waals surface area contributed by atoms with Gasteiger partial charge < -0.3 is 16.0 Å². The molecule has 1 fully saturated rings. The van der Waals surface area contributed by atoms with Crippen LogP contribution in [0.2, 0.25) is 0 Å². The van der Waals surface area contributed by atoms with E-state index in [-0.39, 0.29) is 23.4 Å². The second-order valence-electron chi connectivity index (χ2n) is 7.67. The van der Waals surface area contributed by atoms with Gasteiger partial charge in [-0.15, -0.1) is 0 Å². The minimum Gasteiger partial charge on any atom is -0.349 e. The first-order valence-electron chi connectivity index (χ1n) is 9.64. The van der Waals surface area contributed by atoms with Crippen LogP contribution in [-0.2, 0) is 9.59 Å². The van der Waals surface area contributed by atoms with Crippen LogP contribution in [0.15, 0.2) is 29.3 Å². The fourth-order valence-electron chi connectivity index (χ4n) is 4.32. The van der Waals surface area contributed by atoms with Gasteiger partial charge in [-0.1, -0.05) is 11.6 Å². The summed E-state index contributed by atoms with van der Waals surface area (Å²) in [4.78, 5) is 25.5. The first-order chi connectivity index (χ1) is 13.7. The second kappa shape index (κ2) is 8.29. The molecule has 1 aromatic rings. The molecule has 3 N–H and O–H groups in total. The predicted octanol–water partition coefficient (Wildman–Crippen LogP) is 2.09. The molecule has 8 heteroatoms. The van der Waals surface area contributed by atoms with Gasteiger partial charge in [0, 0.05) is 29.2 Å². The van der Waals surface area contributed by atoms with Gasteiger partial charge in [0.05, 0.1) is 18.0 Å². The number of carbonyl (C=O) groups excluding carboxylic acids is 2. The summed E-state index contributed by atoms with van der Waals surface area (Å²) in [6, 6.07) is 4.13. The number of benzene rings is 1. The average Bonchev–Trinajstić information content (AvgIpc) is 2.66. The summed E-state index contributed by atoms with van der Waals surface area (Å²) in [5.74, 6) is -3.19. The van der Waals surface area contributed by atoms with Crippen molar-refractivity contribution in [3.8, 4) is 6.07 Å². The summed E-state index contributed by atoms with van der Waals surface area (Å²) < 4.78 is 27.1. The number of rotatable bonds is 4. The van der Waals surface area contributed by atoms with Gasteiger partial charge in [0.15, 0.2) is 0 Å². The van der Waals surface area contributed by atoms with Gasteiger partial charge >= 0.3 is 0 Å². The van der Waals surface area contributed by atoms with Crippen molar-refractivity contribution in [2.24, 2.45) is 11.8 Å². The number of hydrogen-bond donors (Lipinski definition) is 3. The number of amides is 2. The van der Waals surface area contributed by atoms with Crippen molar-refractivity contribution in [2.75, 3.05) is 6.54 Å². The fraction of sp³-hybridized carbons (Fsp3) is 0.476. The molecule has 0 saturated carbocycles. The zero-order valence-electron chi connectivity index (χ0n) is 16.6. The zero-order chi connectivity index (χ0) is 21.3. The third-order valence-electron chi connectivity index (χ3n) is 5.85. The minimum atomic E-state index is -0.789. The lowest BCUT2D eigenvalue weighted by atomic mass is 9.74. The Morgan fingerprint density at radius 1 is 1.34 bits per heavy atom. The Morgan fingerprint density at radius 3 is 2.72 bits per heavy atom. The Hall–Kier alpha value is -2.79. The van der Waals surface area contributed by atoms with Crippen molar-refractivity contribution < 1.29 is 18.4 Å². The van der Waals surface area contributed by atoms with E-state index in [2.05, 4.69) is 22.0 Å². The van der Waals surface area contributed by atoms with Gasteiger partial charge in [-0.2, -0.15) is 5.26 Å². The van der Waals surface area contributed by atoms with E-state index in [0.29, 0.717) is 18.5 Å². The van der Waals surface area contributed by atoms with Crippen LogP contribution in [0, 0.1) is 34.8 Å². The molecular weight excluding hydrogens is 378 g/mol. The largest absolute Gasteiger partial charge is 0.349 e. The maximum atomic E-state index is 14.0. The number of halogens is 2. The molecule has 0 aliphatic carbocycles. The topological polar surface area (TPSA) is 94.0 Å². The Kier molecular flexibility index (Phi) is 5.99. The predicted molar refractivity (Wildman–Crippen MR) is 102 cm³/mol. The van der Waals surface area contributed by atoms with Gasteiger partial charge in [0.2, 0.25) is 11.8 Å². The smallest absolute Gasteiger partial charge is 0.248 e. The molecule has 1 saturated heterocycles. The zero-order valence-corrected chi connectivity index (χ0v) is 16.6. The summed E-state index contributed by atoms with van der Waals surface area (Å²) in [6.07, 6.45) is 0.709. The first kappa shape index (κ1) is 20.9. The van der Waals surface area contributed by atoms with Gasteiger partial charge in [0.1, 0.15) is 17.7 Å². The molecule has 154 valence electrons. The maximum absolute atomic E-state index is 14.0. The van der Waals surface area contributed by atoms with Gasteiger partial charge in [-0.25, -0.2) is 8.78 Å². The van der Waals surface area contributed by atoms with E-state index >= 15 is 0 Å². The molecule has 2 amide bonds. The van der Waals surface area contributed by atoms with Gasteiger partial charge in [0.25, 0.3) is 0 Å². The third-order valence-corrected chi connectivity index (χ3v) is 5.85. The highest BCUT2D eigenvalue weighted by Crippen LogP contribution is 2.34. The Morgan fingerprint density at radius 2 is 2.07 bits per heavy atom. The number of piperidine rings is 1. The van der Waals surface area contributed by atoms with Crippen molar-refractivity contribution in [1.82, 2.24) is 16.0 Å². The third kappa shape index (κ3) is 4.01. The number of nitriles is 1. The highest BCUT2D eigenvalue weighted by Gasteiger charge is 2.42. The van der Waals surface area contributed by atoms with Crippen LogP contribution < -0.4 is 16.0 Å². The molecule has 1 aromatic carbocycles. The Labute approximate surface area is 168 Å². The maximum Gasteiger partial charge on any atom is 0.248 e. The molecule has 29 heavy (non-hydrogen) atoms. The number of fused-ring (bicyclic) bond motifs is 1. The van der Waals surface area contributed by atoms with E-state index in [1.807, 2.05) is 0 Å².